The molecule has 0 atom stereocenters. The summed E-state index contributed by atoms with van der Waals surface area (Å²) >= 11 is 0. The van der Waals surface area contributed by atoms with Crippen LogP contribution < -0.4 is 16.0 Å². The lowest BCUT2D eigenvalue weighted by Gasteiger charge is -2.22. The van der Waals surface area contributed by atoms with Crippen LogP contribution in [-0.2, 0) is 14.4 Å². The molecule has 3 amide bonds. The molecule has 1 aliphatic carbocycles. The number of rotatable bonds is 9. The number of amides is 3. The van der Waals surface area contributed by atoms with E-state index in [1.54, 1.807) is 18.2 Å². The topological polar surface area (TPSA) is 100 Å². The van der Waals surface area contributed by atoms with Crippen molar-refractivity contribution in [2.75, 3.05) is 13.1 Å². The van der Waals surface area contributed by atoms with Crippen molar-refractivity contribution in [3.63, 3.8) is 0 Å². The number of carbonyl (C=O) groups is 3. The lowest BCUT2D eigenvalue weighted by molar-refractivity contribution is -0.122. The molecule has 0 bridgehead atoms. The van der Waals surface area contributed by atoms with Crippen molar-refractivity contribution in [2.24, 2.45) is 0 Å². The van der Waals surface area contributed by atoms with Gasteiger partial charge in [-0.15, -0.1) is 0 Å². The molecule has 0 saturated heterocycles. The van der Waals surface area contributed by atoms with Gasteiger partial charge in [0.2, 0.25) is 17.7 Å². The third-order valence-corrected chi connectivity index (χ3v) is 4.24. The Kier molecular flexibility index (Phi) is 8.45. The van der Waals surface area contributed by atoms with Crippen molar-refractivity contribution in [1.29, 1.82) is 0 Å². The quantitative estimate of drug-likeness (QED) is 0.583. The van der Waals surface area contributed by atoms with Crippen molar-refractivity contribution < 1.29 is 18.8 Å². The molecular weight excluding hydrogens is 334 g/mol. The molecule has 7 heteroatoms. The SMILES string of the molecule is O=C(C=Cc1ccco1)NCCC(=O)NCCC(=O)NC1CCCCC1. The van der Waals surface area contributed by atoms with Crippen molar-refractivity contribution in [3.05, 3.63) is 30.2 Å². The Morgan fingerprint density at radius 1 is 1.04 bits per heavy atom. The average Bonchev–Trinajstić information content (AvgIpc) is 3.14. The van der Waals surface area contributed by atoms with E-state index in [1.807, 2.05) is 0 Å². The Balaban J connectivity index is 1.50. The second kappa shape index (κ2) is 11.1. The number of hydrogen-bond donors (Lipinski definition) is 3. The zero-order valence-corrected chi connectivity index (χ0v) is 15.0. The molecule has 1 heterocycles. The van der Waals surface area contributed by atoms with E-state index in [0.29, 0.717) is 12.3 Å². The van der Waals surface area contributed by atoms with Gasteiger partial charge in [0.15, 0.2) is 0 Å². The summed E-state index contributed by atoms with van der Waals surface area (Å²) in [5.74, 6) is 0.0878. The molecule has 0 spiro atoms. The lowest BCUT2D eigenvalue weighted by Crippen LogP contribution is -2.38. The van der Waals surface area contributed by atoms with Crippen molar-refractivity contribution in [2.45, 2.75) is 51.0 Å². The van der Waals surface area contributed by atoms with Gasteiger partial charge < -0.3 is 20.4 Å². The first-order valence-electron chi connectivity index (χ1n) is 9.19. The fourth-order valence-electron chi connectivity index (χ4n) is 2.85. The highest BCUT2D eigenvalue weighted by molar-refractivity contribution is 5.91. The summed E-state index contributed by atoms with van der Waals surface area (Å²) in [6, 6.07) is 3.76. The fraction of sp³-hybridized carbons (Fsp3) is 0.526. The predicted molar refractivity (Wildman–Crippen MR) is 98.0 cm³/mol. The smallest absolute Gasteiger partial charge is 0.244 e. The van der Waals surface area contributed by atoms with Crippen LogP contribution in [0, 0.1) is 0 Å². The van der Waals surface area contributed by atoms with Crippen LogP contribution in [0.15, 0.2) is 28.9 Å². The molecule has 7 nitrogen and oxygen atoms in total. The first-order chi connectivity index (χ1) is 12.6. The first-order valence-corrected chi connectivity index (χ1v) is 9.19. The van der Waals surface area contributed by atoms with Crippen molar-refractivity contribution in [3.8, 4) is 0 Å². The molecular formula is C19H27N3O4. The second-order valence-electron chi connectivity index (χ2n) is 6.39. The van der Waals surface area contributed by atoms with Crippen LogP contribution in [0.25, 0.3) is 6.08 Å². The highest BCUT2D eigenvalue weighted by atomic mass is 16.3. The Morgan fingerprint density at radius 2 is 1.77 bits per heavy atom. The summed E-state index contributed by atoms with van der Waals surface area (Å²) in [7, 11) is 0. The van der Waals surface area contributed by atoms with Crippen LogP contribution in [-0.4, -0.2) is 36.9 Å². The molecule has 26 heavy (non-hydrogen) atoms. The van der Waals surface area contributed by atoms with Crippen LogP contribution in [0.3, 0.4) is 0 Å². The molecule has 1 fully saturated rings. The zero-order chi connectivity index (χ0) is 18.6. The van der Waals surface area contributed by atoms with E-state index >= 15 is 0 Å². The Bertz CT molecular complexity index is 604. The van der Waals surface area contributed by atoms with Gasteiger partial charge in [-0.1, -0.05) is 19.3 Å². The van der Waals surface area contributed by atoms with Crippen molar-refractivity contribution in [1.82, 2.24) is 16.0 Å². The molecule has 2 rings (SSSR count). The van der Waals surface area contributed by atoms with Gasteiger partial charge in [-0.25, -0.2) is 0 Å². The van der Waals surface area contributed by atoms with E-state index in [0.717, 1.165) is 12.8 Å². The van der Waals surface area contributed by atoms with E-state index in [2.05, 4.69) is 16.0 Å². The highest BCUT2D eigenvalue weighted by Gasteiger charge is 2.15. The summed E-state index contributed by atoms with van der Waals surface area (Å²) in [5, 5.41) is 8.33. The molecule has 142 valence electrons. The van der Waals surface area contributed by atoms with Crippen LogP contribution >= 0.6 is 0 Å². The van der Waals surface area contributed by atoms with Gasteiger partial charge >= 0.3 is 0 Å². The first kappa shape index (κ1) is 19.8. The van der Waals surface area contributed by atoms with E-state index in [4.69, 9.17) is 4.42 Å². The molecule has 0 aromatic carbocycles. The zero-order valence-electron chi connectivity index (χ0n) is 15.0. The molecule has 1 aromatic heterocycles. The van der Waals surface area contributed by atoms with Crippen molar-refractivity contribution >= 4 is 23.8 Å². The minimum absolute atomic E-state index is 0.0198. The third-order valence-electron chi connectivity index (χ3n) is 4.24. The molecule has 3 N–H and O–H groups in total. The van der Waals surface area contributed by atoms with E-state index < -0.39 is 0 Å². The van der Waals surface area contributed by atoms with Gasteiger partial charge in [0, 0.05) is 38.0 Å². The number of hydrogen-bond acceptors (Lipinski definition) is 4. The van der Waals surface area contributed by atoms with Gasteiger partial charge in [0.05, 0.1) is 6.26 Å². The Morgan fingerprint density at radius 3 is 2.50 bits per heavy atom. The standard InChI is InChI=1S/C19H27N3O4/c23-17(9-8-16-7-4-14-26-16)20-12-10-18(24)21-13-11-19(25)22-15-5-2-1-3-6-15/h4,7-9,14-15H,1-3,5-6,10-13H2,(H,20,23)(H,21,24)(H,22,25). The van der Waals surface area contributed by atoms with Gasteiger partial charge in [-0.2, -0.15) is 0 Å². The number of nitrogens with one attached hydrogen (secondary N) is 3. The minimum atomic E-state index is -0.291. The van der Waals surface area contributed by atoms with Crippen LogP contribution in [0.1, 0.15) is 50.7 Å². The number of furan rings is 1. The minimum Gasteiger partial charge on any atom is -0.465 e. The Labute approximate surface area is 153 Å². The average molecular weight is 361 g/mol. The summed E-state index contributed by atoms with van der Waals surface area (Å²) in [6.45, 7) is 0.547. The molecule has 1 aliphatic rings. The number of carbonyl (C=O) groups excluding carboxylic acids is 3. The Hall–Kier alpha value is -2.57. The van der Waals surface area contributed by atoms with Crippen LogP contribution in [0.5, 0.6) is 0 Å². The molecule has 0 aliphatic heterocycles. The molecule has 1 aromatic rings. The van der Waals surface area contributed by atoms with E-state index in [9.17, 15) is 14.4 Å². The maximum Gasteiger partial charge on any atom is 0.244 e. The summed E-state index contributed by atoms with van der Waals surface area (Å²) < 4.78 is 5.07. The van der Waals surface area contributed by atoms with Gasteiger partial charge in [-0.3, -0.25) is 14.4 Å². The maximum absolute atomic E-state index is 11.8. The van der Waals surface area contributed by atoms with E-state index in [-0.39, 0.29) is 43.1 Å². The van der Waals surface area contributed by atoms with Gasteiger partial charge in [0.25, 0.3) is 0 Å². The highest BCUT2D eigenvalue weighted by Crippen LogP contribution is 2.17. The monoisotopic (exact) mass is 361 g/mol. The normalized spacial score (nSPS) is 14.9. The summed E-state index contributed by atoms with van der Waals surface area (Å²) in [6.07, 6.45) is 10.6. The second-order valence-corrected chi connectivity index (χ2v) is 6.39. The predicted octanol–water partition coefficient (Wildman–Crippen LogP) is 1.75. The third kappa shape index (κ3) is 8.00. The maximum atomic E-state index is 11.8. The van der Waals surface area contributed by atoms with Gasteiger partial charge in [0.1, 0.15) is 5.76 Å². The van der Waals surface area contributed by atoms with Crippen LogP contribution in [0.4, 0.5) is 0 Å². The molecule has 1 saturated carbocycles. The summed E-state index contributed by atoms with van der Waals surface area (Å²) in [4.78, 5) is 35.1. The lowest BCUT2D eigenvalue weighted by atomic mass is 9.95. The molecule has 0 radical (unpaired) electrons. The summed E-state index contributed by atoms with van der Waals surface area (Å²) in [5.41, 5.74) is 0. The fourth-order valence-corrected chi connectivity index (χ4v) is 2.85. The van der Waals surface area contributed by atoms with E-state index in [1.165, 1.54) is 31.6 Å². The van der Waals surface area contributed by atoms with Gasteiger partial charge in [-0.05, 0) is 31.1 Å². The largest absolute Gasteiger partial charge is 0.465 e. The molecule has 0 unspecified atom stereocenters. The van der Waals surface area contributed by atoms with Crippen LogP contribution in [0.2, 0.25) is 0 Å².